The fourth-order valence-corrected chi connectivity index (χ4v) is 3.43. The van der Waals surface area contributed by atoms with E-state index in [1.807, 2.05) is 48.2 Å². The fourth-order valence-electron chi connectivity index (χ4n) is 2.72. The molecule has 2 atom stereocenters. The topological polar surface area (TPSA) is 46.3 Å². The van der Waals surface area contributed by atoms with E-state index in [1.54, 1.807) is 11.3 Å². The summed E-state index contributed by atoms with van der Waals surface area (Å²) in [4.78, 5) is 16.2. The Hall–Kier alpha value is -1.65. The predicted molar refractivity (Wildman–Crippen MR) is 90.4 cm³/mol. The van der Waals surface area contributed by atoms with Gasteiger partial charge in [-0.05, 0) is 29.9 Å². The molecule has 4 heteroatoms. The summed E-state index contributed by atoms with van der Waals surface area (Å²) in [7, 11) is 0. The van der Waals surface area contributed by atoms with E-state index in [0.29, 0.717) is 12.6 Å². The van der Waals surface area contributed by atoms with Crippen LogP contribution in [0.25, 0.3) is 0 Å². The van der Waals surface area contributed by atoms with Crippen LogP contribution < -0.4 is 5.73 Å². The summed E-state index contributed by atoms with van der Waals surface area (Å²) < 4.78 is 0. The van der Waals surface area contributed by atoms with Gasteiger partial charge in [0.2, 0.25) is 5.91 Å². The quantitative estimate of drug-likeness (QED) is 0.886. The number of hydrogen-bond donors (Lipinski definition) is 1. The summed E-state index contributed by atoms with van der Waals surface area (Å²) >= 11 is 1.71. The summed E-state index contributed by atoms with van der Waals surface area (Å²) in [5, 5.41) is 2.06. The number of hydrogen-bond acceptors (Lipinski definition) is 3. The molecule has 0 bridgehead atoms. The number of carbonyl (C=O) groups is 1. The van der Waals surface area contributed by atoms with Crippen molar-refractivity contribution in [2.75, 3.05) is 0 Å². The maximum Gasteiger partial charge on any atom is 0.227 e. The van der Waals surface area contributed by atoms with Crippen LogP contribution >= 0.6 is 11.3 Å². The monoisotopic (exact) mass is 314 g/mol. The van der Waals surface area contributed by atoms with Gasteiger partial charge in [0.05, 0.1) is 12.5 Å². The van der Waals surface area contributed by atoms with Crippen LogP contribution in [0.1, 0.15) is 36.2 Å². The Morgan fingerprint density at radius 1 is 1.27 bits per heavy atom. The Morgan fingerprint density at radius 3 is 2.59 bits per heavy atom. The van der Waals surface area contributed by atoms with Crippen LogP contribution in [0.5, 0.6) is 0 Å². The maximum absolute atomic E-state index is 12.9. The van der Waals surface area contributed by atoms with Gasteiger partial charge in [0, 0.05) is 17.0 Å². The van der Waals surface area contributed by atoms with Crippen molar-refractivity contribution < 1.29 is 4.79 Å². The van der Waals surface area contributed by atoms with E-state index in [-0.39, 0.29) is 17.9 Å². The summed E-state index contributed by atoms with van der Waals surface area (Å²) in [5.41, 5.74) is 7.35. The average molecular weight is 314 g/mol. The van der Waals surface area contributed by atoms with Crippen molar-refractivity contribution in [2.24, 2.45) is 11.7 Å². The van der Waals surface area contributed by atoms with Crippen molar-refractivity contribution in [2.45, 2.75) is 38.4 Å². The highest BCUT2D eigenvalue weighted by molar-refractivity contribution is 7.09. The van der Waals surface area contributed by atoms with Crippen LogP contribution in [0.3, 0.4) is 0 Å². The van der Waals surface area contributed by atoms with Crippen LogP contribution in [0.4, 0.5) is 0 Å². The van der Waals surface area contributed by atoms with Gasteiger partial charge in [0.15, 0.2) is 0 Å². The molecular weight excluding hydrogens is 292 g/mol. The first-order valence-electron chi connectivity index (χ1n) is 7.80. The van der Waals surface area contributed by atoms with Gasteiger partial charge in [-0.1, -0.05) is 43.3 Å². The molecule has 1 fully saturated rings. The van der Waals surface area contributed by atoms with Gasteiger partial charge >= 0.3 is 0 Å². The lowest BCUT2D eigenvalue weighted by molar-refractivity contribution is -0.136. The summed E-state index contributed by atoms with van der Waals surface area (Å²) in [6, 6.07) is 14.2. The second kappa shape index (κ2) is 6.63. The first kappa shape index (κ1) is 15.3. The third kappa shape index (κ3) is 3.39. The molecule has 1 aliphatic carbocycles. The zero-order valence-corrected chi connectivity index (χ0v) is 13.6. The summed E-state index contributed by atoms with van der Waals surface area (Å²) in [6.07, 6.45) is 2.23. The molecule has 3 rings (SSSR count). The lowest BCUT2D eigenvalue weighted by Crippen LogP contribution is -2.40. The van der Waals surface area contributed by atoms with Gasteiger partial charge in [-0.25, -0.2) is 0 Å². The Morgan fingerprint density at radius 2 is 2.00 bits per heavy atom. The van der Waals surface area contributed by atoms with Crippen molar-refractivity contribution in [3.05, 3.63) is 58.3 Å². The SMILES string of the molecule is C[C@H](C(=O)N(Cc1cccs1)C1CC1)[C@@H](N)c1ccccc1. The number of amides is 1. The predicted octanol–water partition coefficient (Wildman–Crippen LogP) is 3.58. The number of carbonyl (C=O) groups excluding carboxylic acids is 1. The molecule has 1 saturated carbocycles. The van der Waals surface area contributed by atoms with E-state index < -0.39 is 0 Å². The van der Waals surface area contributed by atoms with Gasteiger partial charge in [0.1, 0.15) is 0 Å². The molecule has 1 aromatic carbocycles. The molecule has 0 unspecified atom stereocenters. The van der Waals surface area contributed by atoms with Crippen molar-refractivity contribution in [1.82, 2.24) is 4.90 Å². The van der Waals surface area contributed by atoms with Crippen LogP contribution in [0, 0.1) is 5.92 Å². The fraction of sp³-hybridized carbons (Fsp3) is 0.389. The second-order valence-corrected chi connectivity index (χ2v) is 7.03. The highest BCUT2D eigenvalue weighted by Gasteiger charge is 2.36. The average Bonchev–Trinajstić information content (AvgIpc) is 3.27. The Bertz CT molecular complexity index is 607. The molecule has 2 aromatic rings. The van der Waals surface area contributed by atoms with E-state index in [1.165, 1.54) is 4.88 Å². The molecule has 0 saturated heterocycles. The van der Waals surface area contributed by atoms with Crippen LogP contribution in [-0.2, 0) is 11.3 Å². The molecule has 22 heavy (non-hydrogen) atoms. The zero-order valence-electron chi connectivity index (χ0n) is 12.8. The minimum atomic E-state index is -0.252. The van der Waals surface area contributed by atoms with Gasteiger partial charge in [-0.3, -0.25) is 4.79 Å². The third-order valence-electron chi connectivity index (χ3n) is 4.29. The highest BCUT2D eigenvalue weighted by atomic mass is 32.1. The van der Waals surface area contributed by atoms with Gasteiger partial charge in [0.25, 0.3) is 0 Å². The largest absolute Gasteiger partial charge is 0.334 e. The molecule has 1 amide bonds. The molecule has 0 aliphatic heterocycles. The van der Waals surface area contributed by atoms with Crippen LogP contribution in [-0.4, -0.2) is 16.8 Å². The smallest absolute Gasteiger partial charge is 0.227 e. The second-order valence-electron chi connectivity index (χ2n) is 6.00. The van der Waals surface area contributed by atoms with Crippen molar-refractivity contribution in [3.63, 3.8) is 0 Å². The molecule has 1 heterocycles. The van der Waals surface area contributed by atoms with E-state index in [2.05, 4.69) is 11.4 Å². The molecule has 0 radical (unpaired) electrons. The number of rotatable bonds is 6. The Labute approximate surface area is 135 Å². The van der Waals surface area contributed by atoms with Crippen LogP contribution in [0.15, 0.2) is 47.8 Å². The molecule has 0 spiro atoms. The van der Waals surface area contributed by atoms with Crippen molar-refractivity contribution in [1.29, 1.82) is 0 Å². The zero-order chi connectivity index (χ0) is 15.5. The standard InChI is InChI=1S/C18H22N2OS/c1-13(17(19)14-6-3-2-4-7-14)18(21)20(15-9-10-15)12-16-8-5-11-22-16/h2-8,11,13,15,17H,9-10,12,19H2,1H3/t13-,17+/m0/s1. The highest BCUT2D eigenvalue weighted by Crippen LogP contribution is 2.32. The molecule has 2 N–H and O–H groups in total. The van der Waals surface area contributed by atoms with Gasteiger partial charge in [-0.15, -0.1) is 11.3 Å². The molecule has 3 nitrogen and oxygen atoms in total. The van der Waals surface area contributed by atoms with E-state index >= 15 is 0 Å². The molecule has 1 aliphatic rings. The Balaban J connectivity index is 1.72. The number of benzene rings is 1. The number of nitrogens with two attached hydrogens (primary N) is 1. The normalized spacial score (nSPS) is 17.0. The van der Waals surface area contributed by atoms with E-state index in [9.17, 15) is 4.79 Å². The number of thiophene rings is 1. The third-order valence-corrected chi connectivity index (χ3v) is 5.15. The lowest BCUT2D eigenvalue weighted by Gasteiger charge is -2.28. The molecule has 1 aromatic heterocycles. The maximum atomic E-state index is 12.9. The minimum absolute atomic E-state index is 0.173. The minimum Gasteiger partial charge on any atom is -0.334 e. The van der Waals surface area contributed by atoms with E-state index in [4.69, 9.17) is 5.73 Å². The van der Waals surface area contributed by atoms with Crippen molar-refractivity contribution >= 4 is 17.2 Å². The first-order chi connectivity index (χ1) is 10.7. The first-order valence-corrected chi connectivity index (χ1v) is 8.68. The Kier molecular flexibility index (Phi) is 4.60. The van der Waals surface area contributed by atoms with E-state index in [0.717, 1.165) is 18.4 Å². The van der Waals surface area contributed by atoms with Crippen LogP contribution in [0.2, 0.25) is 0 Å². The number of nitrogens with zero attached hydrogens (tertiary/aromatic N) is 1. The van der Waals surface area contributed by atoms with Gasteiger partial charge in [-0.2, -0.15) is 0 Å². The summed E-state index contributed by atoms with van der Waals surface area (Å²) in [5.74, 6) is -0.0322. The van der Waals surface area contributed by atoms with Gasteiger partial charge < -0.3 is 10.6 Å². The molecule has 116 valence electrons. The van der Waals surface area contributed by atoms with Crippen molar-refractivity contribution in [3.8, 4) is 0 Å². The summed E-state index contributed by atoms with van der Waals surface area (Å²) in [6.45, 7) is 2.66. The molecular formula is C18H22N2OS. The lowest BCUT2D eigenvalue weighted by atomic mass is 9.94.